The van der Waals surface area contributed by atoms with Crippen molar-refractivity contribution in [3.05, 3.63) is 58.1 Å². The van der Waals surface area contributed by atoms with Crippen LogP contribution in [0.5, 0.6) is 5.75 Å². The van der Waals surface area contributed by atoms with E-state index in [9.17, 15) is 19.5 Å². The highest BCUT2D eigenvalue weighted by molar-refractivity contribution is 9.10. The first-order valence-corrected chi connectivity index (χ1v) is 11.6. The van der Waals surface area contributed by atoms with Gasteiger partial charge >= 0.3 is 0 Å². The zero-order valence-corrected chi connectivity index (χ0v) is 19.3. The van der Waals surface area contributed by atoms with Crippen molar-refractivity contribution in [3.8, 4) is 5.75 Å². The molecule has 1 spiro atoms. The highest BCUT2D eigenvalue weighted by Crippen LogP contribution is 2.54. The van der Waals surface area contributed by atoms with Crippen LogP contribution in [-0.2, 0) is 26.3 Å². The Hall–Kier alpha value is -2.71. The third-order valence-corrected chi connectivity index (χ3v) is 7.63. The summed E-state index contributed by atoms with van der Waals surface area (Å²) in [5.74, 6) is -2.13. The van der Waals surface area contributed by atoms with Crippen molar-refractivity contribution in [1.29, 1.82) is 0 Å². The van der Waals surface area contributed by atoms with Gasteiger partial charge in [0.05, 0.1) is 11.8 Å². The predicted octanol–water partition coefficient (Wildman–Crippen LogP) is 2.92. The number of hydrogen-bond donors (Lipinski definition) is 3. The molecular weight excluding hydrogens is 474 g/mol. The first-order chi connectivity index (χ1) is 15.3. The molecule has 3 aliphatic rings. The van der Waals surface area contributed by atoms with Gasteiger partial charge in [-0.15, -0.1) is 0 Å². The van der Waals surface area contributed by atoms with Crippen LogP contribution in [0.3, 0.4) is 0 Å². The Morgan fingerprint density at radius 3 is 2.53 bits per heavy atom. The predicted molar refractivity (Wildman–Crippen MR) is 122 cm³/mol. The number of aromatic hydroxyl groups is 1. The lowest BCUT2D eigenvalue weighted by Gasteiger charge is -2.31. The van der Waals surface area contributed by atoms with Crippen LogP contribution >= 0.6 is 15.9 Å². The van der Waals surface area contributed by atoms with Crippen LogP contribution < -0.4 is 10.6 Å². The van der Waals surface area contributed by atoms with Gasteiger partial charge in [-0.1, -0.05) is 35.0 Å². The fraction of sp³-hybridized carbons (Fsp3) is 0.375. The average Bonchev–Trinajstić information content (AvgIpc) is 3.34. The molecule has 0 bridgehead atoms. The van der Waals surface area contributed by atoms with Crippen molar-refractivity contribution in [2.45, 2.75) is 44.3 Å². The fourth-order valence-electron chi connectivity index (χ4n) is 5.47. The zero-order chi connectivity index (χ0) is 22.8. The smallest absolute Gasteiger partial charge is 0.250 e. The lowest BCUT2D eigenvalue weighted by molar-refractivity contribution is -0.145. The van der Waals surface area contributed by atoms with Crippen molar-refractivity contribution >= 4 is 39.3 Å². The van der Waals surface area contributed by atoms with Crippen LogP contribution in [0.15, 0.2) is 46.9 Å². The van der Waals surface area contributed by atoms with Gasteiger partial charge in [0.1, 0.15) is 11.3 Å². The summed E-state index contributed by atoms with van der Waals surface area (Å²) in [6.45, 7) is 3.81. The van der Waals surface area contributed by atoms with Crippen LogP contribution in [0.1, 0.15) is 31.4 Å². The number of carbonyl (C=O) groups is 3. The molecule has 0 saturated carbocycles. The van der Waals surface area contributed by atoms with Gasteiger partial charge in [0, 0.05) is 27.8 Å². The molecule has 5 rings (SSSR count). The standard InChI is InChI=1S/C24H24BrN3O4/c1-3-12(2)28-21(30)19-18(10-13-4-7-15(29)8-5-13)27-24(20(19)22(28)31)16-11-14(25)6-9-17(16)26-23(24)32/h4-9,11-12,18-20,27,29H,3,10H2,1-2H3,(H,26,32)/t12-,18+,19+,20-,24-/m0/s1. The van der Waals surface area contributed by atoms with Crippen LogP contribution in [0.25, 0.3) is 0 Å². The number of likely N-dealkylation sites (tertiary alicyclic amines) is 1. The monoisotopic (exact) mass is 497 g/mol. The molecule has 0 radical (unpaired) electrons. The van der Waals surface area contributed by atoms with E-state index in [1.165, 1.54) is 4.90 Å². The minimum absolute atomic E-state index is 0.159. The molecule has 2 fully saturated rings. The number of imide groups is 1. The van der Waals surface area contributed by atoms with E-state index >= 15 is 0 Å². The van der Waals surface area contributed by atoms with E-state index in [0.717, 1.165) is 10.0 Å². The number of amides is 3. The number of phenolic OH excluding ortho intramolecular Hbond substituents is 1. The van der Waals surface area contributed by atoms with E-state index in [4.69, 9.17) is 0 Å². The fourth-order valence-corrected chi connectivity index (χ4v) is 5.84. The maximum atomic E-state index is 13.7. The number of carbonyl (C=O) groups excluding carboxylic acids is 3. The summed E-state index contributed by atoms with van der Waals surface area (Å²) >= 11 is 3.48. The van der Waals surface area contributed by atoms with E-state index in [0.29, 0.717) is 24.1 Å². The molecule has 3 aliphatic heterocycles. The Labute approximate surface area is 194 Å². The molecule has 3 N–H and O–H groups in total. The number of hydrogen-bond acceptors (Lipinski definition) is 5. The van der Waals surface area contributed by atoms with Gasteiger partial charge in [0.25, 0.3) is 0 Å². The molecule has 32 heavy (non-hydrogen) atoms. The number of fused-ring (bicyclic) bond motifs is 4. The normalized spacial score (nSPS) is 29.4. The number of anilines is 1. The van der Waals surface area contributed by atoms with Gasteiger partial charge in [-0.05, 0) is 55.7 Å². The molecular formula is C24H24BrN3O4. The molecule has 3 heterocycles. The highest BCUT2D eigenvalue weighted by atomic mass is 79.9. The number of phenols is 1. The molecule has 0 unspecified atom stereocenters. The molecule has 0 aromatic heterocycles. The second-order valence-electron chi connectivity index (χ2n) is 8.88. The summed E-state index contributed by atoms with van der Waals surface area (Å²) in [6.07, 6.45) is 1.10. The Kier molecular flexibility index (Phi) is 4.90. The zero-order valence-electron chi connectivity index (χ0n) is 17.8. The van der Waals surface area contributed by atoms with Gasteiger partial charge < -0.3 is 10.4 Å². The van der Waals surface area contributed by atoms with Crippen molar-refractivity contribution in [2.75, 3.05) is 5.32 Å². The SMILES string of the molecule is CC[C@H](C)N1C(=O)[C@H]2[C@@H](C1=O)[C@]1(N[C@@H]2Cc2ccc(O)cc2)C(=O)Nc2ccc(Br)cc21. The number of nitrogens with zero attached hydrogens (tertiary/aromatic N) is 1. The van der Waals surface area contributed by atoms with E-state index < -0.39 is 23.4 Å². The van der Waals surface area contributed by atoms with E-state index in [1.807, 2.05) is 32.0 Å². The molecule has 166 valence electrons. The summed E-state index contributed by atoms with van der Waals surface area (Å²) in [7, 11) is 0. The van der Waals surface area contributed by atoms with Gasteiger partial charge in [0.2, 0.25) is 17.7 Å². The van der Waals surface area contributed by atoms with Gasteiger partial charge in [0.15, 0.2) is 0 Å². The lowest BCUT2D eigenvalue weighted by Crippen LogP contribution is -2.54. The molecule has 2 aromatic rings. The summed E-state index contributed by atoms with van der Waals surface area (Å²) in [5.41, 5.74) is 0.941. The number of rotatable bonds is 4. The van der Waals surface area contributed by atoms with Gasteiger partial charge in [-0.25, -0.2) is 0 Å². The van der Waals surface area contributed by atoms with Crippen LogP contribution in [0, 0.1) is 11.8 Å². The maximum Gasteiger partial charge on any atom is 0.250 e. The molecule has 0 aliphatic carbocycles. The summed E-state index contributed by atoms with van der Waals surface area (Å²) in [6, 6.07) is 11.6. The third-order valence-electron chi connectivity index (χ3n) is 7.13. The molecule has 2 aromatic carbocycles. The summed E-state index contributed by atoms with van der Waals surface area (Å²) in [4.78, 5) is 42.1. The highest BCUT2D eigenvalue weighted by Gasteiger charge is 2.70. The molecule has 2 saturated heterocycles. The van der Waals surface area contributed by atoms with Crippen molar-refractivity contribution in [2.24, 2.45) is 11.8 Å². The van der Waals surface area contributed by atoms with E-state index in [1.54, 1.807) is 24.3 Å². The second kappa shape index (κ2) is 7.42. The van der Waals surface area contributed by atoms with E-state index in [-0.39, 0.29) is 29.5 Å². The van der Waals surface area contributed by atoms with Crippen molar-refractivity contribution < 1.29 is 19.5 Å². The molecule has 5 atom stereocenters. The van der Waals surface area contributed by atoms with Crippen molar-refractivity contribution in [1.82, 2.24) is 10.2 Å². The summed E-state index contributed by atoms with van der Waals surface area (Å²) < 4.78 is 0.794. The minimum atomic E-state index is -1.31. The largest absolute Gasteiger partial charge is 0.508 e. The van der Waals surface area contributed by atoms with Crippen molar-refractivity contribution in [3.63, 3.8) is 0 Å². The van der Waals surface area contributed by atoms with Gasteiger partial charge in [-0.3, -0.25) is 24.6 Å². The van der Waals surface area contributed by atoms with Crippen LogP contribution in [0.2, 0.25) is 0 Å². The first kappa shape index (κ1) is 21.2. The third kappa shape index (κ3) is 2.85. The topological polar surface area (TPSA) is 98.7 Å². The lowest BCUT2D eigenvalue weighted by atomic mass is 9.76. The second-order valence-corrected chi connectivity index (χ2v) is 9.80. The van der Waals surface area contributed by atoms with E-state index in [2.05, 4.69) is 26.6 Å². The number of benzene rings is 2. The minimum Gasteiger partial charge on any atom is -0.508 e. The van der Waals surface area contributed by atoms with Gasteiger partial charge in [-0.2, -0.15) is 0 Å². The molecule has 8 heteroatoms. The maximum absolute atomic E-state index is 13.7. The Morgan fingerprint density at radius 1 is 1.12 bits per heavy atom. The van der Waals surface area contributed by atoms with Crippen LogP contribution in [-0.4, -0.2) is 39.8 Å². The number of nitrogens with one attached hydrogen (secondary N) is 2. The Bertz CT molecular complexity index is 1130. The number of halogens is 1. The Balaban J connectivity index is 1.64. The quantitative estimate of drug-likeness (QED) is 0.564. The molecule has 3 amide bonds. The Morgan fingerprint density at radius 2 is 1.84 bits per heavy atom. The molecule has 7 nitrogen and oxygen atoms in total. The van der Waals surface area contributed by atoms with Crippen LogP contribution in [0.4, 0.5) is 5.69 Å². The first-order valence-electron chi connectivity index (χ1n) is 10.8. The average molecular weight is 498 g/mol. The summed E-state index contributed by atoms with van der Waals surface area (Å²) in [5, 5.41) is 16.0.